The Morgan fingerprint density at radius 3 is 2.67 bits per heavy atom. The van der Waals surface area contributed by atoms with Crippen molar-refractivity contribution < 1.29 is 5.11 Å². The van der Waals surface area contributed by atoms with Gasteiger partial charge in [-0.2, -0.15) is 0 Å². The molecule has 0 aromatic heterocycles. The highest BCUT2D eigenvalue weighted by Gasteiger charge is 2.21. The molecule has 12 heavy (non-hydrogen) atoms. The molecule has 2 nitrogen and oxygen atoms in total. The summed E-state index contributed by atoms with van der Waals surface area (Å²) >= 11 is 0. The zero-order chi connectivity index (χ0) is 8.55. The standard InChI is InChI=1S/C10H13NO/c1-7-2-3-9(10(12)4-7)8-5-11-6-8/h2-4,8,11-12H,5-6H2,1H3. The molecule has 1 fully saturated rings. The molecule has 0 aliphatic carbocycles. The maximum absolute atomic E-state index is 9.60. The van der Waals surface area contributed by atoms with Crippen LogP contribution in [-0.2, 0) is 0 Å². The van der Waals surface area contributed by atoms with Crippen LogP contribution in [0.1, 0.15) is 17.0 Å². The Morgan fingerprint density at radius 1 is 1.42 bits per heavy atom. The minimum Gasteiger partial charge on any atom is -0.508 e. The molecule has 2 rings (SSSR count). The number of aryl methyl sites for hydroxylation is 1. The molecule has 0 spiro atoms. The topological polar surface area (TPSA) is 32.3 Å². The van der Waals surface area contributed by atoms with Crippen LogP contribution in [0.25, 0.3) is 0 Å². The molecule has 0 unspecified atom stereocenters. The second kappa shape index (κ2) is 2.79. The van der Waals surface area contributed by atoms with Crippen LogP contribution in [0.3, 0.4) is 0 Å². The first-order valence-corrected chi connectivity index (χ1v) is 4.27. The van der Waals surface area contributed by atoms with Crippen LogP contribution in [0.2, 0.25) is 0 Å². The average molecular weight is 163 g/mol. The maximum atomic E-state index is 9.60. The number of nitrogens with one attached hydrogen (secondary N) is 1. The Balaban J connectivity index is 2.31. The number of phenols is 1. The average Bonchev–Trinajstić information content (AvgIpc) is 1.91. The van der Waals surface area contributed by atoms with E-state index in [-0.39, 0.29) is 0 Å². The third kappa shape index (κ3) is 1.18. The van der Waals surface area contributed by atoms with E-state index in [1.807, 2.05) is 25.1 Å². The summed E-state index contributed by atoms with van der Waals surface area (Å²) in [6.45, 7) is 3.98. The predicted molar refractivity (Wildman–Crippen MR) is 48.5 cm³/mol. The molecule has 1 aliphatic heterocycles. The molecule has 0 atom stereocenters. The number of rotatable bonds is 1. The van der Waals surface area contributed by atoms with Gasteiger partial charge >= 0.3 is 0 Å². The molecule has 64 valence electrons. The van der Waals surface area contributed by atoms with E-state index in [2.05, 4.69) is 5.32 Å². The van der Waals surface area contributed by atoms with E-state index in [0.29, 0.717) is 11.7 Å². The van der Waals surface area contributed by atoms with Gasteiger partial charge < -0.3 is 10.4 Å². The summed E-state index contributed by atoms with van der Waals surface area (Å²) in [6, 6.07) is 5.90. The van der Waals surface area contributed by atoms with Gasteiger partial charge in [0.25, 0.3) is 0 Å². The highest BCUT2D eigenvalue weighted by Crippen LogP contribution is 2.28. The SMILES string of the molecule is Cc1ccc(C2CNC2)c(O)c1. The number of hydrogen-bond acceptors (Lipinski definition) is 2. The minimum atomic E-state index is 0.446. The van der Waals surface area contributed by atoms with Crippen molar-refractivity contribution in [3.05, 3.63) is 29.3 Å². The Labute approximate surface area is 72.2 Å². The zero-order valence-corrected chi connectivity index (χ0v) is 7.17. The lowest BCUT2D eigenvalue weighted by molar-refractivity contribution is 0.413. The summed E-state index contributed by atoms with van der Waals surface area (Å²) in [7, 11) is 0. The first-order valence-electron chi connectivity index (χ1n) is 4.27. The van der Waals surface area contributed by atoms with Gasteiger partial charge in [0.15, 0.2) is 0 Å². The largest absolute Gasteiger partial charge is 0.508 e. The molecule has 1 aromatic rings. The van der Waals surface area contributed by atoms with Crippen molar-refractivity contribution in [2.24, 2.45) is 0 Å². The molecule has 1 aliphatic rings. The fourth-order valence-corrected chi connectivity index (χ4v) is 1.51. The lowest BCUT2D eigenvalue weighted by atomic mass is 9.92. The zero-order valence-electron chi connectivity index (χ0n) is 7.17. The fraction of sp³-hybridized carbons (Fsp3) is 0.400. The van der Waals surface area contributed by atoms with Gasteiger partial charge in [0.2, 0.25) is 0 Å². The summed E-state index contributed by atoms with van der Waals surface area (Å²) in [6.07, 6.45) is 0. The third-order valence-electron chi connectivity index (χ3n) is 2.41. The van der Waals surface area contributed by atoms with E-state index in [4.69, 9.17) is 0 Å². The molecule has 2 heteroatoms. The molecule has 0 radical (unpaired) electrons. The molecule has 1 heterocycles. The van der Waals surface area contributed by atoms with Crippen LogP contribution in [0, 0.1) is 6.92 Å². The van der Waals surface area contributed by atoms with Gasteiger partial charge in [-0.25, -0.2) is 0 Å². The van der Waals surface area contributed by atoms with E-state index in [0.717, 1.165) is 24.2 Å². The summed E-state index contributed by atoms with van der Waals surface area (Å²) in [5, 5.41) is 12.8. The van der Waals surface area contributed by atoms with Crippen molar-refractivity contribution in [3.8, 4) is 5.75 Å². The van der Waals surface area contributed by atoms with E-state index in [1.54, 1.807) is 0 Å². The quantitative estimate of drug-likeness (QED) is 0.655. The third-order valence-corrected chi connectivity index (χ3v) is 2.41. The second-order valence-corrected chi connectivity index (χ2v) is 3.42. The second-order valence-electron chi connectivity index (χ2n) is 3.42. The summed E-state index contributed by atoms with van der Waals surface area (Å²) < 4.78 is 0. The Bertz CT molecular complexity index is 292. The van der Waals surface area contributed by atoms with Gasteiger partial charge in [-0.15, -0.1) is 0 Å². The highest BCUT2D eigenvalue weighted by molar-refractivity contribution is 5.39. The van der Waals surface area contributed by atoms with Gasteiger partial charge in [-0.05, 0) is 24.1 Å². The number of benzene rings is 1. The van der Waals surface area contributed by atoms with Crippen LogP contribution < -0.4 is 5.32 Å². The van der Waals surface area contributed by atoms with Crippen LogP contribution in [0.15, 0.2) is 18.2 Å². The minimum absolute atomic E-state index is 0.446. The van der Waals surface area contributed by atoms with Gasteiger partial charge in [0.05, 0.1) is 0 Å². The van der Waals surface area contributed by atoms with E-state index >= 15 is 0 Å². The van der Waals surface area contributed by atoms with E-state index in [1.165, 1.54) is 0 Å². The summed E-state index contributed by atoms with van der Waals surface area (Å²) in [4.78, 5) is 0. The molecule has 0 saturated carbocycles. The van der Waals surface area contributed by atoms with Crippen LogP contribution in [0.5, 0.6) is 5.75 Å². The van der Waals surface area contributed by atoms with Crippen molar-refractivity contribution in [2.75, 3.05) is 13.1 Å². The Morgan fingerprint density at radius 2 is 2.17 bits per heavy atom. The highest BCUT2D eigenvalue weighted by atomic mass is 16.3. The van der Waals surface area contributed by atoms with Crippen LogP contribution >= 0.6 is 0 Å². The predicted octanol–water partition coefficient (Wildman–Crippen LogP) is 1.39. The van der Waals surface area contributed by atoms with Gasteiger partial charge in [0.1, 0.15) is 5.75 Å². The fourth-order valence-electron chi connectivity index (χ4n) is 1.51. The molecule has 1 saturated heterocycles. The van der Waals surface area contributed by atoms with E-state index < -0.39 is 0 Å². The lowest BCUT2D eigenvalue weighted by Crippen LogP contribution is -2.39. The van der Waals surface area contributed by atoms with Gasteiger partial charge in [-0.1, -0.05) is 12.1 Å². The number of phenolic OH excluding ortho intramolecular Hbond substituents is 1. The molecular formula is C10H13NO. The van der Waals surface area contributed by atoms with E-state index in [9.17, 15) is 5.11 Å². The van der Waals surface area contributed by atoms with Crippen molar-refractivity contribution in [2.45, 2.75) is 12.8 Å². The Kier molecular flexibility index (Phi) is 1.77. The van der Waals surface area contributed by atoms with Crippen molar-refractivity contribution >= 4 is 0 Å². The number of hydrogen-bond donors (Lipinski definition) is 2. The van der Waals surface area contributed by atoms with Crippen LogP contribution in [0.4, 0.5) is 0 Å². The monoisotopic (exact) mass is 163 g/mol. The first kappa shape index (κ1) is 7.62. The lowest BCUT2D eigenvalue weighted by Gasteiger charge is -2.28. The molecular weight excluding hydrogens is 150 g/mol. The molecule has 1 aromatic carbocycles. The van der Waals surface area contributed by atoms with Crippen molar-refractivity contribution in [1.82, 2.24) is 5.32 Å². The molecule has 0 bridgehead atoms. The summed E-state index contributed by atoms with van der Waals surface area (Å²) in [5.74, 6) is 0.965. The summed E-state index contributed by atoms with van der Waals surface area (Å²) in [5.41, 5.74) is 2.20. The number of aromatic hydroxyl groups is 1. The van der Waals surface area contributed by atoms with Crippen molar-refractivity contribution in [3.63, 3.8) is 0 Å². The Hall–Kier alpha value is -1.02. The smallest absolute Gasteiger partial charge is 0.119 e. The maximum Gasteiger partial charge on any atom is 0.119 e. The molecule has 0 amide bonds. The first-order chi connectivity index (χ1) is 5.77. The normalized spacial score (nSPS) is 17.4. The van der Waals surface area contributed by atoms with Crippen molar-refractivity contribution in [1.29, 1.82) is 0 Å². The van der Waals surface area contributed by atoms with Gasteiger partial charge in [0, 0.05) is 19.0 Å². The molecule has 2 N–H and O–H groups in total. The van der Waals surface area contributed by atoms with Crippen LogP contribution in [-0.4, -0.2) is 18.2 Å². The van der Waals surface area contributed by atoms with Gasteiger partial charge in [-0.3, -0.25) is 0 Å².